The first-order valence-corrected chi connectivity index (χ1v) is 9.37. The van der Waals surface area contributed by atoms with Crippen LogP contribution in [0.3, 0.4) is 0 Å². The van der Waals surface area contributed by atoms with Crippen LogP contribution in [0.4, 0.5) is 5.69 Å². The van der Waals surface area contributed by atoms with Crippen LogP contribution in [-0.2, 0) is 9.59 Å². The summed E-state index contributed by atoms with van der Waals surface area (Å²) in [6.45, 7) is 11.4. The molecule has 1 aromatic rings. The highest BCUT2D eigenvalue weighted by molar-refractivity contribution is 5.96. The van der Waals surface area contributed by atoms with Crippen LogP contribution in [0.1, 0.15) is 45.0 Å². The summed E-state index contributed by atoms with van der Waals surface area (Å²) in [5, 5.41) is 5.68. The van der Waals surface area contributed by atoms with Crippen LogP contribution in [-0.4, -0.2) is 61.4 Å². The number of likely N-dealkylation sites (N-methyl/N-ethyl adjacent to an activating group) is 1. The highest BCUT2D eigenvalue weighted by Crippen LogP contribution is 2.11. The van der Waals surface area contributed by atoms with Gasteiger partial charge in [0.1, 0.15) is 0 Å². The van der Waals surface area contributed by atoms with Gasteiger partial charge in [0, 0.05) is 29.9 Å². The van der Waals surface area contributed by atoms with Crippen LogP contribution in [0.2, 0.25) is 0 Å². The molecule has 0 saturated heterocycles. The van der Waals surface area contributed by atoms with E-state index in [2.05, 4.69) is 10.6 Å². The molecule has 0 fully saturated rings. The largest absolute Gasteiger partial charge is 0.347 e. The number of rotatable bonds is 8. The minimum absolute atomic E-state index is 0.0214. The van der Waals surface area contributed by atoms with Crippen molar-refractivity contribution in [2.24, 2.45) is 0 Å². The summed E-state index contributed by atoms with van der Waals surface area (Å²) in [7, 11) is 1.80. The maximum Gasteiger partial charge on any atom is 0.279 e. The van der Waals surface area contributed by atoms with Crippen molar-refractivity contribution in [3.63, 3.8) is 0 Å². The number of anilines is 1. The van der Waals surface area contributed by atoms with Gasteiger partial charge in [-0.25, -0.2) is 0 Å². The molecule has 1 rings (SSSR count). The van der Waals surface area contributed by atoms with E-state index in [0.717, 1.165) is 4.90 Å². The molecule has 7 heteroatoms. The maximum atomic E-state index is 12.3. The first-order valence-electron chi connectivity index (χ1n) is 9.37. The minimum atomic E-state index is -0.288. The molecule has 0 aliphatic heterocycles. The Balaban J connectivity index is 2.55. The van der Waals surface area contributed by atoms with Gasteiger partial charge in [-0.2, -0.15) is 0 Å². The lowest BCUT2D eigenvalue weighted by molar-refractivity contribution is -0.862. The van der Waals surface area contributed by atoms with Crippen molar-refractivity contribution in [2.75, 3.05) is 38.5 Å². The van der Waals surface area contributed by atoms with Crippen molar-refractivity contribution >= 4 is 23.4 Å². The number of amides is 3. The van der Waals surface area contributed by atoms with Gasteiger partial charge in [-0.3, -0.25) is 14.4 Å². The van der Waals surface area contributed by atoms with Crippen LogP contribution in [0.15, 0.2) is 24.3 Å². The molecule has 3 N–H and O–H groups in total. The van der Waals surface area contributed by atoms with E-state index >= 15 is 0 Å². The third-order valence-electron chi connectivity index (χ3n) is 3.91. The Kier molecular flexibility index (Phi) is 8.43. The first kappa shape index (κ1) is 22.6. The summed E-state index contributed by atoms with van der Waals surface area (Å²) in [6, 6.07) is 6.86. The Bertz CT molecular complexity index is 646. The zero-order valence-electron chi connectivity index (χ0n) is 17.3. The van der Waals surface area contributed by atoms with Gasteiger partial charge in [0.2, 0.25) is 0 Å². The SMILES string of the molecule is CCN(CC)C(=O)c1ccc(NC(=O)C[NH+](C)CC(=O)NC(C)(C)C)cc1. The second kappa shape index (κ2) is 10.1. The summed E-state index contributed by atoms with van der Waals surface area (Å²) >= 11 is 0. The smallest absolute Gasteiger partial charge is 0.279 e. The zero-order chi connectivity index (χ0) is 20.6. The van der Waals surface area contributed by atoms with E-state index in [-0.39, 0.29) is 36.3 Å². The molecule has 3 amide bonds. The molecule has 0 saturated carbocycles. The number of hydrogen-bond acceptors (Lipinski definition) is 3. The highest BCUT2D eigenvalue weighted by Gasteiger charge is 2.19. The number of nitrogens with zero attached hydrogens (tertiary/aromatic N) is 1. The van der Waals surface area contributed by atoms with E-state index in [1.807, 2.05) is 34.6 Å². The molecule has 7 nitrogen and oxygen atoms in total. The number of carbonyl (C=O) groups excluding carboxylic acids is 3. The zero-order valence-corrected chi connectivity index (χ0v) is 17.3. The number of nitrogens with one attached hydrogen (secondary N) is 3. The fourth-order valence-corrected chi connectivity index (χ4v) is 2.67. The fourth-order valence-electron chi connectivity index (χ4n) is 2.67. The molecular formula is C20H33N4O3+. The molecule has 0 heterocycles. The predicted octanol–water partition coefficient (Wildman–Crippen LogP) is 0.537. The van der Waals surface area contributed by atoms with Crippen molar-refractivity contribution in [3.8, 4) is 0 Å². The van der Waals surface area contributed by atoms with Gasteiger partial charge in [0.15, 0.2) is 13.1 Å². The van der Waals surface area contributed by atoms with Crippen molar-refractivity contribution in [3.05, 3.63) is 29.8 Å². The van der Waals surface area contributed by atoms with Crippen LogP contribution in [0, 0.1) is 0 Å². The van der Waals surface area contributed by atoms with Gasteiger partial charge < -0.3 is 20.4 Å². The summed E-state index contributed by atoms with van der Waals surface area (Å²) in [5.41, 5.74) is 0.936. The molecule has 27 heavy (non-hydrogen) atoms. The number of carbonyl (C=O) groups is 3. The molecule has 1 atom stereocenters. The van der Waals surface area contributed by atoms with E-state index in [1.165, 1.54) is 0 Å². The maximum absolute atomic E-state index is 12.3. The second-order valence-corrected chi connectivity index (χ2v) is 7.71. The molecule has 150 valence electrons. The van der Waals surface area contributed by atoms with Gasteiger partial charge in [-0.15, -0.1) is 0 Å². The Hall–Kier alpha value is -2.41. The Morgan fingerprint density at radius 1 is 0.963 bits per heavy atom. The van der Waals surface area contributed by atoms with E-state index < -0.39 is 0 Å². The van der Waals surface area contributed by atoms with Crippen LogP contribution in [0.25, 0.3) is 0 Å². The van der Waals surface area contributed by atoms with Gasteiger partial charge in [-0.05, 0) is 58.9 Å². The van der Waals surface area contributed by atoms with Crippen molar-refractivity contribution in [1.82, 2.24) is 10.2 Å². The third kappa shape index (κ3) is 8.21. The summed E-state index contributed by atoms with van der Waals surface area (Å²) in [5.74, 6) is -0.294. The van der Waals surface area contributed by atoms with Gasteiger partial charge in [0.25, 0.3) is 17.7 Å². The fraction of sp³-hybridized carbons (Fsp3) is 0.550. The third-order valence-corrected chi connectivity index (χ3v) is 3.91. The first-order chi connectivity index (χ1) is 12.6. The van der Waals surface area contributed by atoms with Crippen LogP contribution < -0.4 is 15.5 Å². The molecule has 0 aromatic heterocycles. The molecule has 0 aliphatic carbocycles. The molecular weight excluding hydrogens is 344 g/mol. The molecule has 0 bridgehead atoms. The minimum Gasteiger partial charge on any atom is -0.347 e. The van der Waals surface area contributed by atoms with Gasteiger partial charge in [0.05, 0.1) is 7.05 Å². The normalized spacial score (nSPS) is 12.2. The van der Waals surface area contributed by atoms with Gasteiger partial charge in [-0.1, -0.05) is 0 Å². The van der Waals surface area contributed by atoms with E-state index in [4.69, 9.17) is 0 Å². The lowest BCUT2D eigenvalue weighted by Crippen LogP contribution is -3.11. The number of quaternary nitrogens is 1. The lowest BCUT2D eigenvalue weighted by atomic mass is 10.1. The standard InChI is InChI=1S/C20H32N4O3/c1-7-24(8-2)19(27)15-9-11-16(12-10-15)21-17(25)13-23(6)14-18(26)22-20(3,4)5/h9-12H,7-8,13-14H2,1-6H3,(H,21,25)(H,22,26)/p+1. The Labute approximate surface area is 162 Å². The average Bonchev–Trinajstić information content (AvgIpc) is 2.54. The summed E-state index contributed by atoms with van der Waals surface area (Å²) in [4.78, 5) is 38.9. The van der Waals surface area contributed by atoms with Crippen molar-refractivity contribution < 1.29 is 19.3 Å². The van der Waals surface area contributed by atoms with E-state index in [9.17, 15) is 14.4 Å². The number of benzene rings is 1. The molecule has 1 aromatic carbocycles. The molecule has 0 radical (unpaired) electrons. The Morgan fingerprint density at radius 3 is 1.96 bits per heavy atom. The second-order valence-electron chi connectivity index (χ2n) is 7.71. The topological polar surface area (TPSA) is 83.0 Å². The van der Waals surface area contributed by atoms with Crippen LogP contribution in [0.5, 0.6) is 0 Å². The van der Waals surface area contributed by atoms with E-state index in [1.54, 1.807) is 36.2 Å². The van der Waals surface area contributed by atoms with E-state index in [0.29, 0.717) is 24.3 Å². The summed E-state index contributed by atoms with van der Waals surface area (Å²) in [6.07, 6.45) is 0. The summed E-state index contributed by atoms with van der Waals surface area (Å²) < 4.78 is 0. The average molecular weight is 378 g/mol. The monoisotopic (exact) mass is 377 g/mol. The van der Waals surface area contributed by atoms with Crippen molar-refractivity contribution in [1.29, 1.82) is 0 Å². The molecule has 0 aliphatic rings. The molecule has 1 unspecified atom stereocenters. The lowest BCUT2D eigenvalue weighted by Gasteiger charge is -2.21. The Morgan fingerprint density at radius 2 is 1.48 bits per heavy atom. The van der Waals surface area contributed by atoms with Crippen molar-refractivity contribution in [2.45, 2.75) is 40.2 Å². The highest BCUT2D eigenvalue weighted by atomic mass is 16.2. The van der Waals surface area contributed by atoms with Gasteiger partial charge >= 0.3 is 0 Å². The predicted molar refractivity (Wildman–Crippen MR) is 107 cm³/mol. The number of hydrogen-bond donors (Lipinski definition) is 3. The van der Waals surface area contributed by atoms with Crippen LogP contribution >= 0.6 is 0 Å². The quantitative estimate of drug-likeness (QED) is 0.618. The molecule has 0 spiro atoms.